The Kier molecular flexibility index (Phi) is 17.8. The van der Waals surface area contributed by atoms with Crippen LogP contribution in [-0.2, 0) is 0 Å². The fraction of sp³-hybridized carbons (Fsp3) is 0.613. The third kappa shape index (κ3) is 14.3. The van der Waals surface area contributed by atoms with Crippen LogP contribution in [0.25, 0.3) is 0 Å². The second-order valence-electron chi connectivity index (χ2n) is 10.8. The third-order valence-corrected chi connectivity index (χ3v) is 7.34. The Hall–Kier alpha value is -1.47. The van der Waals surface area contributed by atoms with Crippen LogP contribution in [0.3, 0.4) is 0 Å². The zero-order valence-electron chi connectivity index (χ0n) is 23.1. The molecule has 2 aromatic rings. The van der Waals surface area contributed by atoms with Crippen molar-refractivity contribution in [2.24, 2.45) is 0 Å². The van der Waals surface area contributed by atoms with Gasteiger partial charge in [-0.3, -0.25) is 0 Å². The lowest BCUT2D eigenvalue weighted by Gasteiger charge is -2.36. The molecule has 0 fully saturated rings. The maximum Gasteiger partial charge on any atom is 0.128 e. The number of aliphatic hydroxyl groups excluding tert-OH is 3. The SMILES string of the molecule is CN(CCCCCCCCCCC[N+](C)(CCO)CC(O)c1ccccc1)CC(O)c1ccccc1.[Cl-]. The number of benzene rings is 2. The molecule has 37 heavy (non-hydrogen) atoms. The predicted molar refractivity (Wildman–Crippen MR) is 150 cm³/mol. The van der Waals surface area contributed by atoms with Crippen LogP contribution < -0.4 is 12.4 Å². The van der Waals surface area contributed by atoms with E-state index in [0.29, 0.717) is 24.1 Å². The first-order chi connectivity index (χ1) is 17.4. The van der Waals surface area contributed by atoms with Gasteiger partial charge in [0, 0.05) is 6.54 Å². The number of hydrogen-bond donors (Lipinski definition) is 3. The molecule has 0 aromatic heterocycles. The zero-order chi connectivity index (χ0) is 26.1. The number of hydrogen-bond acceptors (Lipinski definition) is 4. The molecule has 5 nitrogen and oxygen atoms in total. The minimum absolute atomic E-state index is 0. The van der Waals surface area contributed by atoms with Crippen LogP contribution in [0.15, 0.2) is 60.7 Å². The predicted octanol–water partition coefficient (Wildman–Crippen LogP) is 2.34. The van der Waals surface area contributed by atoms with Crippen LogP contribution in [-0.4, -0.2) is 78.1 Å². The average Bonchev–Trinajstić information content (AvgIpc) is 2.88. The van der Waals surface area contributed by atoms with Gasteiger partial charge in [-0.1, -0.05) is 99.2 Å². The lowest BCUT2D eigenvalue weighted by atomic mass is 10.1. The van der Waals surface area contributed by atoms with Gasteiger partial charge < -0.3 is 37.1 Å². The molecule has 3 unspecified atom stereocenters. The van der Waals surface area contributed by atoms with Crippen molar-refractivity contribution < 1.29 is 32.2 Å². The number of unbranched alkanes of at least 4 members (excludes halogenated alkanes) is 8. The molecule has 0 aliphatic carbocycles. The number of rotatable bonds is 20. The van der Waals surface area contributed by atoms with E-state index in [2.05, 4.69) is 19.0 Å². The quantitative estimate of drug-likeness (QED) is 0.180. The van der Waals surface area contributed by atoms with Crippen LogP contribution in [0.5, 0.6) is 0 Å². The van der Waals surface area contributed by atoms with Gasteiger partial charge in [0.2, 0.25) is 0 Å². The molecule has 0 amide bonds. The van der Waals surface area contributed by atoms with Crippen LogP contribution in [0, 0.1) is 0 Å². The molecule has 0 radical (unpaired) electrons. The number of likely N-dealkylation sites (N-methyl/N-ethyl adjacent to an activating group) is 2. The van der Waals surface area contributed by atoms with Crippen molar-refractivity contribution in [1.82, 2.24) is 4.90 Å². The molecule has 210 valence electrons. The molecule has 0 saturated heterocycles. The summed E-state index contributed by atoms with van der Waals surface area (Å²) in [5, 5.41) is 30.5. The lowest BCUT2D eigenvalue weighted by Crippen LogP contribution is -3.00. The summed E-state index contributed by atoms with van der Waals surface area (Å²) in [6.45, 7) is 4.20. The first kappa shape index (κ1) is 33.6. The first-order valence-corrected chi connectivity index (χ1v) is 14.0. The molecule has 2 rings (SSSR count). The molecule has 0 heterocycles. The van der Waals surface area contributed by atoms with Crippen molar-refractivity contribution in [3.8, 4) is 0 Å². The van der Waals surface area contributed by atoms with E-state index in [9.17, 15) is 15.3 Å². The maximum atomic E-state index is 10.6. The Morgan fingerprint density at radius 1 is 0.676 bits per heavy atom. The Morgan fingerprint density at radius 2 is 1.14 bits per heavy atom. The highest BCUT2D eigenvalue weighted by Gasteiger charge is 2.25. The summed E-state index contributed by atoms with van der Waals surface area (Å²) in [5.74, 6) is 0. The van der Waals surface area contributed by atoms with Gasteiger partial charge in [0.15, 0.2) is 0 Å². The number of halogens is 1. The topological polar surface area (TPSA) is 63.9 Å². The molecule has 0 saturated carbocycles. The molecule has 0 aliphatic heterocycles. The monoisotopic (exact) mass is 534 g/mol. The molecule has 2 aromatic carbocycles. The third-order valence-electron chi connectivity index (χ3n) is 7.34. The summed E-state index contributed by atoms with van der Waals surface area (Å²) in [6.07, 6.45) is 10.4. The van der Waals surface area contributed by atoms with E-state index in [1.54, 1.807) is 0 Å². The maximum absolute atomic E-state index is 10.6. The summed E-state index contributed by atoms with van der Waals surface area (Å²) in [4.78, 5) is 2.24. The Labute approximate surface area is 232 Å². The Balaban J connectivity index is 0.00000684. The minimum Gasteiger partial charge on any atom is -1.00 e. The smallest absolute Gasteiger partial charge is 0.128 e. The Morgan fingerprint density at radius 3 is 1.65 bits per heavy atom. The highest BCUT2D eigenvalue weighted by Crippen LogP contribution is 2.19. The van der Waals surface area contributed by atoms with E-state index in [-0.39, 0.29) is 19.0 Å². The fourth-order valence-corrected chi connectivity index (χ4v) is 5.01. The van der Waals surface area contributed by atoms with Gasteiger partial charge in [-0.15, -0.1) is 0 Å². The van der Waals surface area contributed by atoms with E-state index < -0.39 is 12.2 Å². The second-order valence-corrected chi connectivity index (χ2v) is 10.8. The molecule has 3 atom stereocenters. The summed E-state index contributed by atoms with van der Waals surface area (Å²) >= 11 is 0. The molecule has 0 bridgehead atoms. The molecular formula is C31H51ClN2O3. The molecule has 0 spiro atoms. The largest absolute Gasteiger partial charge is 1.00 e. The summed E-state index contributed by atoms with van der Waals surface area (Å²) < 4.78 is 0.712. The highest BCUT2D eigenvalue weighted by molar-refractivity contribution is 5.18. The van der Waals surface area contributed by atoms with E-state index in [4.69, 9.17) is 0 Å². The molecule has 0 aliphatic rings. The van der Waals surface area contributed by atoms with Gasteiger partial charge >= 0.3 is 0 Å². The average molecular weight is 535 g/mol. The van der Waals surface area contributed by atoms with Crippen LogP contribution >= 0.6 is 0 Å². The van der Waals surface area contributed by atoms with Gasteiger partial charge in [0.25, 0.3) is 0 Å². The van der Waals surface area contributed by atoms with Crippen molar-refractivity contribution in [1.29, 1.82) is 0 Å². The highest BCUT2D eigenvalue weighted by atomic mass is 35.5. The van der Waals surface area contributed by atoms with Crippen LogP contribution in [0.1, 0.15) is 81.1 Å². The van der Waals surface area contributed by atoms with E-state index >= 15 is 0 Å². The van der Waals surface area contributed by atoms with Crippen molar-refractivity contribution in [2.75, 3.05) is 53.4 Å². The summed E-state index contributed by atoms with van der Waals surface area (Å²) in [6, 6.07) is 19.8. The standard InChI is InChI=1S/C31H51N2O3.ClH/c1-32(26-30(35)28-18-12-10-13-19-28)22-16-8-6-4-3-5-7-9-17-23-33(2,24-25-34)27-31(36)29-20-14-11-15-21-29;/h10-15,18-21,30-31,34-36H,3-9,16-17,22-27H2,1-2H3;1H/q+1;/p-1. The van der Waals surface area contributed by atoms with E-state index in [0.717, 1.165) is 30.6 Å². The van der Waals surface area contributed by atoms with Crippen LogP contribution in [0.4, 0.5) is 0 Å². The van der Waals surface area contributed by atoms with Gasteiger partial charge in [0.1, 0.15) is 19.2 Å². The molecule has 6 heteroatoms. The first-order valence-electron chi connectivity index (χ1n) is 14.0. The molecule has 3 N–H and O–H groups in total. The van der Waals surface area contributed by atoms with Crippen molar-refractivity contribution >= 4 is 0 Å². The van der Waals surface area contributed by atoms with Crippen molar-refractivity contribution in [3.63, 3.8) is 0 Å². The van der Waals surface area contributed by atoms with Gasteiger partial charge in [0.05, 0.1) is 26.3 Å². The zero-order valence-corrected chi connectivity index (χ0v) is 23.9. The summed E-state index contributed by atoms with van der Waals surface area (Å²) in [5.41, 5.74) is 1.95. The Bertz CT molecular complexity index is 796. The lowest BCUT2D eigenvalue weighted by molar-refractivity contribution is -0.913. The van der Waals surface area contributed by atoms with E-state index in [1.165, 1.54) is 51.4 Å². The van der Waals surface area contributed by atoms with E-state index in [1.807, 2.05) is 60.7 Å². The molecular weight excluding hydrogens is 484 g/mol. The van der Waals surface area contributed by atoms with Gasteiger partial charge in [-0.25, -0.2) is 0 Å². The van der Waals surface area contributed by atoms with Crippen LogP contribution in [0.2, 0.25) is 0 Å². The van der Waals surface area contributed by atoms with Crippen molar-refractivity contribution in [2.45, 2.75) is 70.0 Å². The normalized spacial score (nSPS) is 14.6. The summed E-state index contributed by atoms with van der Waals surface area (Å²) in [7, 11) is 4.25. The van der Waals surface area contributed by atoms with Crippen molar-refractivity contribution in [3.05, 3.63) is 71.8 Å². The van der Waals surface area contributed by atoms with Gasteiger partial charge in [-0.05, 0) is 44.0 Å². The number of nitrogens with zero attached hydrogens (tertiary/aromatic N) is 2. The fourth-order valence-electron chi connectivity index (χ4n) is 5.01. The number of aliphatic hydroxyl groups is 3. The number of quaternary nitrogens is 1. The minimum atomic E-state index is -0.489. The van der Waals surface area contributed by atoms with Gasteiger partial charge in [-0.2, -0.15) is 0 Å². The second kappa shape index (κ2) is 19.6.